The van der Waals surface area contributed by atoms with Crippen LogP contribution in [0.1, 0.15) is 37.1 Å². The molecular formula is C22H22N2. The van der Waals surface area contributed by atoms with Crippen molar-refractivity contribution in [3.05, 3.63) is 90.0 Å². The van der Waals surface area contributed by atoms with Gasteiger partial charge in [-0.25, -0.2) is 0 Å². The molecule has 0 fully saturated rings. The van der Waals surface area contributed by atoms with E-state index in [-0.39, 0.29) is 6.17 Å². The van der Waals surface area contributed by atoms with Gasteiger partial charge in [0, 0.05) is 5.69 Å². The number of fused-ring (bicyclic) bond motifs is 1. The third kappa shape index (κ3) is 2.44. The Balaban J connectivity index is 1.89. The molecule has 2 nitrogen and oxygen atoms in total. The van der Waals surface area contributed by atoms with E-state index in [1.807, 2.05) is 0 Å². The molecule has 120 valence electrons. The lowest BCUT2D eigenvalue weighted by Crippen LogP contribution is -2.24. The topological polar surface area (TPSA) is 15.3 Å². The first-order chi connectivity index (χ1) is 11.8. The van der Waals surface area contributed by atoms with Gasteiger partial charge >= 0.3 is 0 Å². The van der Waals surface area contributed by atoms with Crippen LogP contribution in [-0.4, -0.2) is 0 Å². The molecule has 1 atom stereocenters. The molecule has 1 N–H and O–H groups in total. The molecular weight excluding hydrogens is 292 g/mol. The summed E-state index contributed by atoms with van der Waals surface area (Å²) < 4.78 is 0. The molecule has 4 rings (SSSR count). The quantitative estimate of drug-likeness (QED) is 0.631. The van der Waals surface area contributed by atoms with E-state index in [9.17, 15) is 0 Å². The number of rotatable bonds is 3. The maximum atomic E-state index is 3.69. The summed E-state index contributed by atoms with van der Waals surface area (Å²) in [5.41, 5.74) is 6.34. The predicted molar refractivity (Wildman–Crippen MR) is 102 cm³/mol. The van der Waals surface area contributed by atoms with Gasteiger partial charge in [-0.3, -0.25) is 0 Å². The van der Waals surface area contributed by atoms with Crippen LogP contribution in [0.15, 0.2) is 78.9 Å². The van der Waals surface area contributed by atoms with Gasteiger partial charge in [-0.2, -0.15) is 0 Å². The van der Waals surface area contributed by atoms with Crippen molar-refractivity contribution in [3.8, 4) is 0 Å². The highest BCUT2D eigenvalue weighted by atomic mass is 15.3. The van der Waals surface area contributed by atoms with Crippen molar-refractivity contribution in [2.45, 2.75) is 25.9 Å². The maximum absolute atomic E-state index is 3.69. The van der Waals surface area contributed by atoms with Crippen molar-refractivity contribution in [1.29, 1.82) is 0 Å². The number of para-hydroxylation sites is 3. The molecule has 0 aliphatic carbocycles. The third-order valence-electron chi connectivity index (χ3n) is 4.65. The molecule has 0 saturated heterocycles. The smallest absolute Gasteiger partial charge is 0.130 e. The van der Waals surface area contributed by atoms with Crippen molar-refractivity contribution in [1.82, 2.24) is 0 Å². The zero-order chi connectivity index (χ0) is 16.5. The van der Waals surface area contributed by atoms with Crippen molar-refractivity contribution in [2.75, 3.05) is 10.2 Å². The standard InChI is InChI=1S/C22H22N2/c1-16(2)18-12-6-8-14-20(18)24-21-15-9-7-13-19(21)23-22(24)17-10-4-3-5-11-17/h3-16,22-23H,1-2H3. The summed E-state index contributed by atoms with van der Waals surface area (Å²) in [6.45, 7) is 4.51. The number of hydrogen-bond donors (Lipinski definition) is 1. The maximum Gasteiger partial charge on any atom is 0.130 e. The van der Waals surface area contributed by atoms with Crippen molar-refractivity contribution in [3.63, 3.8) is 0 Å². The van der Waals surface area contributed by atoms with Crippen LogP contribution in [0.5, 0.6) is 0 Å². The Morgan fingerprint density at radius 1 is 0.750 bits per heavy atom. The lowest BCUT2D eigenvalue weighted by Gasteiger charge is -2.30. The highest BCUT2D eigenvalue weighted by Crippen LogP contribution is 2.47. The second-order valence-electron chi connectivity index (χ2n) is 6.56. The number of benzene rings is 3. The summed E-state index contributed by atoms with van der Waals surface area (Å²) in [5.74, 6) is 0.477. The second kappa shape index (κ2) is 6.04. The van der Waals surface area contributed by atoms with Gasteiger partial charge in [-0.1, -0.05) is 74.5 Å². The van der Waals surface area contributed by atoms with Gasteiger partial charge in [0.25, 0.3) is 0 Å². The summed E-state index contributed by atoms with van der Waals surface area (Å²) in [6, 6.07) is 27.9. The molecule has 1 aliphatic rings. The van der Waals surface area contributed by atoms with Crippen LogP contribution in [-0.2, 0) is 0 Å². The van der Waals surface area contributed by atoms with Crippen LogP contribution >= 0.6 is 0 Å². The first-order valence-electron chi connectivity index (χ1n) is 8.54. The van der Waals surface area contributed by atoms with E-state index >= 15 is 0 Å². The van der Waals surface area contributed by atoms with Gasteiger partial charge in [0.05, 0.1) is 11.4 Å². The fraction of sp³-hybridized carbons (Fsp3) is 0.182. The van der Waals surface area contributed by atoms with Crippen LogP contribution in [0.25, 0.3) is 0 Å². The van der Waals surface area contributed by atoms with Gasteiger partial charge in [-0.05, 0) is 35.2 Å². The van der Waals surface area contributed by atoms with Gasteiger partial charge in [0.15, 0.2) is 0 Å². The number of hydrogen-bond acceptors (Lipinski definition) is 2. The minimum absolute atomic E-state index is 0.114. The van der Waals surface area contributed by atoms with Crippen molar-refractivity contribution < 1.29 is 0 Å². The molecule has 2 heteroatoms. The van der Waals surface area contributed by atoms with Gasteiger partial charge in [0.2, 0.25) is 0 Å². The Bertz CT molecular complexity index is 839. The summed E-state index contributed by atoms with van der Waals surface area (Å²) in [5, 5.41) is 3.69. The van der Waals surface area contributed by atoms with Crippen molar-refractivity contribution >= 4 is 17.1 Å². The van der Waals surface area contributed by atoms with Crippen LogP contribution in [0.3, 0.4) is 0 Å². The fourth-order valence-corrected chi connectivity index (χ4v) is 3.49. The van der Waals surface area contributed by atoms with E-state index < -0.39 is 0 Å². The first-order valence-corrected chi connectivity index (χ1v) is 8.54. The van der Waals surface area contributed by atoms with Crippen LogP contribution in [0, 0.1) is 0 Å². The Labute approximate surface area is 143 Å². The van der Waals surface area contributed by atoms with E-state index in [0.717, 1.165) is 0 Å². The van der Waals surface area contributed by atoms with Crippen LogP contribution in [0.4, 0.5) is 17.1 Å². The highest BCUT2D eigenvalue weighted by Gasteiger charge is 2.32. The summed E-state index contributed by atoms with van der Waals surface area (Å²) >= 11 is 0. The Morgan fingerprint density at radius 2 is 1.38 bits per heavy atom. The van der Waals surface area contributed by atoms with Crippen LogP contribution in [0.2, 0.25) is 0 Å². The van der Waals surface area contributed by atoms with E-state index in [2.05, 4.69) is 103 Å². The van der Waals surface area contributed by atoms with E-state index in [1.165, 1.54) is 28.2 Å². The normalized spacial score (nSPS) is 16.1. The number of nitrogens with zero attached hydrogens (tertiary/aromatic N) is 1. The summed E-state index contributed by atoms with van der Waals surface area (Å²) in [6.07, 6.45) is 0.114. The summed E-state index contributed by atoms with van der Waals surface area (Å²) in [4.78, 5) is 2.43. The number of nitrogens with one attached hydrogen (secondary N) is 1. The van der Waals surface area contributed by atoms with Crippen LogP contribution < -0.4 is 10.2 Å². The third-order valence-corrected chi connectivity index (χ3v) is 4.65. The zero-order valence-electron chi connectivity index (χ0n) is 14.1. The molecule has 1 unspecified atom stereocenters. The molecule has 24 heavy (non-hydrogen) atoms. The summed E-state index contributed by atoms with van der Waals surface area (Å²) in [7, 11) is 0. The average molecular weight is 314 g/mol. The molecule has 0 amide bonds. The Kier molecular flexibility index (Phi) is 3.73. The molecule has 0 bridgehead atoms. The fourth-order valence-electron chi connectivity index (χ4n) is 3.49. The van der Waals surface area contributed by atoms with Gasteiger partial charge in [0.1, 0.15) is 6.17 Å². The first kappa shape index (κ1) is 14.8. The lowest BCUT2D eigenvalue weighted by molar-refractivity contribution is 0.801. The monoisotopic (exact) mass is 314 g/mol. The van der Waals surface area contributed by atoms with Gasteiger partial charge in [-0.15, -0.1) is 0 Å². The molecule has 3 aromatic rings. The molecule has 0 radical (unpaired) electrons. The molecule has 0 spiro atoms. The Hall–Kier alpha value is -2.74. The van der Waals surface area contributed by atoms with E-state index in [1.54, 1.807) is 0 Å². The number of anilines is 3. The molecule has 0 aromatic heterocycles. The SMILES string of the molecule is CC(C)c1ccccc1N1c2ccccc2NC1c1ccccc1. The largest absolute Gasteiger partial charge is 0.359 e. The minimum Gasteiger partial charge on any atom is -0.359 e. The molecule has 1 aliphatic heterocycles. The predicted octanol–water partition coefficient (Wildman–Crippen LogP) is 6.07. The van der Waals surface area contributed by atoms with Crippen molar-refractivity contribution in [2.24, 2.45) is 0 Å². The second-order valence-corrected chi connectivity index (χ2v) is 6.56. The van der Waals surface area contributed by atoms with E-state index in [4.69, 9.17) is 0 Å². The molecule has 0 saturated carbocycles. The minimum atomic E-state index is 0.114. The zero-order valence-corrected chi connectivity index (χ0v) is 14.1. The molecule has 1 heterocycles. The Morgan fingerprint density at radius 3 is 2.12 bits per heavy atom. The van der Waals surface area contributed by atoms with E-state index in [0.29, 0.717) is 5.92 Å². The molecule has 3 aromatic carbocycles. The average Bonchev–Trinajstić information content (AvgIpc) is 3.02. The van der Waals surface area contributed by atoms with Gasteiger partial charge < -0.3 is 10.2 Å². The lowest BCUT2D eigenvalue weighted by atomic mass is 9.99. The highest BCUT2D eigenvalue weighted by molar-refractivity contribution is 5.84.